The average Bonchev–Trinajstić information content (AvgIpc) is 3.15. The molecular weight excluding hydrogens is 362 g/mol. The highest BCUT2D eigenvalue weighted by Gasteiger charge is 2.12. The number of rotatable bonds is 12. The van der Waals surface area contributed by atoms with Crippen molar-refractivity contribution in [1.82, 2.24) is 10.3 Å². The topological polar surface area (TPSA) is 80.3 Å². The van der Waals surface area contributed by atoms with Crippen LogP contribution >= 0.6 is 11.3 Å². The third kappa shape index (κ3) is 8.32. The van der Waals surface area contributed by atoms with Crippen molar-refractivity contribution >= 4 is 28.3 Å². The summed E-state index contributed by atoms with van der Waals surface area (Å²) >= 11 is 1.25. The van der Waals surface area contributed by atoms with Crippen LogP contribution in [0.15, 0.2) is 35.7 Å². The van der Waals surface area contributed by atoms with E-state index in [0.717, 1.165) is 31.4 Å². The maximum absolute atomic E-state index is 12.1. The summed E-state index contributed by atoms with van der Waals surface area (Å²) in [5.41, 5.74) is 1.44. The van der Waals surface area contributed by atoms with E-state index in [2.05, 4.69) is 22.5 Å². The zero-order chi connectivity index (χ0) is 19.3. The van der Waals surface area contributed by atoms with E-state index in [0.29, 0.717) is 36.8 Å². The van der Waals surface area contributed by atoms with Crippen LogP contribution in [-0.2, 0) is 16.0 Å². The summed E-state index contributed by atoms with van der Waals surface area (Å²) in [4.78, 5) is 28.3. The molecule has 0 saturated heterocycles. The van der Waals surface area contributed by atoms with Gasteiger partial charge in [-0.2, -0.15) is 0 Å². The van der Waals surface area contributed by atoms with Gasteiger partial charge >= 0.3 is 0 Å². The van der Waals surface area contributed by atoms with Gasteiger partial charge in [0.1, 0.15) is 5.69 Å². The number of nitrogens with one attached hydrogen (secondary N) is 2. The highest BCUT2D eigenvalue weighted by molar-refractivity contribution is 7.14. The maximum Gasteiger partial charge on any atom is 0.270 e. The molecule has 0 atom stereocenters. The van der Waals surface area contributed by atoms with E-state index in [4.69, 9.17) is 4.74 Å². The van der Waals surface area contributed by atoms with E-state index in [1.807, 2.05) is 30.3 Å². The largest absolute Gasteiger partial charge is 0.381 e. The summed E-state index contributed by atoms with van der Waals surface area (Å²) in [6.45, 7) is 4.07. The summed E-state index contributed by atoms with van der Waals surface area (Å²) in [6.07, 6.45) is 3.99. The second-order valence-electron chi connectivity index (χ2n) is 6.15. The Bertz CT molecular complexity index is 704. The lowest BCUT2D eigenvalue weighted by atomic mass is 10.1. The zero-order valence-corrected chi connectivity index (χ0v) is 16.5. The zero-order valence-electron chi connectivity index (χ0n) is 15.7. The molecule has 0 aliphatic rings. The highest BCUT2D eigenvalue weighted by atomic mass is 32.1. The van der Waals surface area contributed by atoms with Crippen molar-refractivity contribution in [3.05, 3.63) is 47.0 Å². The Morgan fingerprint density at radius 2 is 1.93 bits per heavy atom. The van der Waals surface area contributed by atoms with Crippen LogP contribution in [0.1, 0.15) is 48.7 Å². The van der Waals surface area contributed by atoms with Crippen molar-refractivity contribution in [2.45, 2.75) is 39.0 Å². The number of amides is 2. The number of carbonyl (C=O) groups excluding carboxylic acids is 2. The van der Waals surface area contributed by atoms with Crippen LogP contribution in [0.2, 0.25) is 0 Å². The lowest BCUT2D eigenvalue weighted by molar-refractivity contribution is -0.116. The Balaban J connectivity index is 1.65. The first-order valence-corrected chi connectivity index (χ1v) is 10.2. The Kier molecular flexibility index (Phi) is 9.51. The molecule has 27 heavy (non-hydrogen) atoms. The quantitative estimate of drug-likeness (QED) is 0.543. The minimum Gasteiger partial charge on any atom is -0.381 e. The minimum atomic E-state index is -0.232. The summed E-state index contributed by atoms with van der Waals surface area (Å²) in [5, 5.41) is 7.67. The molecule has 0 saturated carbocycles. The van der Waals surface area contributed by atoms with Crippen LogP contribution in [0.25, 0.3) is 0 Å². The van der Waals surface area contributed by atoms with Crippen LogP contribution in [0, 0.1) is 0 Å². The molecule has 1 aromatic heterocycles. The predicted molar refractivity (Wildman–Crippen MR) is 108 cm³/mol. The molecule has 146 valence electrons. The number of nitrogens with zero attached hydrogens (tertiary/aromatic N) is 1. The molecule has 0 radical (unpaired) electrons. The molecular formula is C20H27N3O3S. The Hall–Kier alpha value is -2.25. The normalized spacial score (nSPS) is 10.6. The SMILES string of the molecule is CCCCOCCCNC(=O)c1csc(NC(=O)CCc2ccccc2)n1. The number of unbranched alkanes of at least 4 members (excludes halogenated alkanes) is 1. The van der Waals surface area contributed by atoms with Crippen molar-refractivity contribution in [2.75, 3.05) is 25.1 Å². The van der Waals surface area contributed by atoms with Crippen LogP contribution < -0.4 is 10.6 Å². The molecule has 0 spiro atoms. The molecule has 6 nitrogen and oxygen atoms in total. The van der Waals surface area contributed by atoms with Gasteiger partial charge in [-0.15, -0.1) is 11.3 Å². The number of thiazole rings is 1. The third-order valence-electron chi connectivity index (χ3n) is 3.86. The fourth-order valence-electron chi connectivity index (χ4n) is 2.33. The predicted octanol–water partition coefficient (Wildman–Crippen LogP) is 3.65. The Labute approximate surface area is 164 Å². The monoisotopic (exact) mass is 389 g/mol. The first-order valence-electron chi connectivity index (χ1n) is 9.34. The van der Waals surface area contributed by atoms with Crippen molar-refractivity contribution in [1.29, 1.82) is 0 Å². The van der Waals surface area contributed by atoms with Gasteiger partial charge in [-0.1, -0.05) is 43.7 Å². The van der Waals surface area contributed by atoms with Gasteiger partial charge in [0, 0.05) is 31.6 Å². The lowest BCUT2D eigenvalue weighted by Crippen LogP contribution is -2.25. The molecule has 0 aliphatic carbocycles. The van der Waals surface area contributed by atoms with Crippen LogP contribution in [0.4, 0.5) is 5.13 Å². The maximum atomic E-state index is 12.1. The number of aryl methyl sites for hydroxylation is 1. The number of benzene rings is 1. The number of ether oxygens (including phenoxy) is 1. The van der Waals surface area contributed by atoms with Gasteiger partial charge in [0.2, 0.25) is 5.91 Å². The van der Waals surface area contributed by atoms with Gasteiger partial charge in [0.15, 0.2) is 5.13 Å². The van der Waals surface area contributed by atoms with Crippen LogP contribution in [-0.4, -0.2) is 36.6 Å². The molecule has 1 aromatic carbocycles. The van der Waals surface area contributed by atoms with E-state index in [1.165, 1.54) is 11.3 Å². The molecule has 0 fully saturated rings. The summed E-state index contributed by atoms with van der Waals surface area (Å²) < 4.78 is 5.45. The van der Waals surface area contributed by atoms with Gasteiger partial charge in [0.25, 0.3) is 5.91 Å². The summed E-state index contributed by atoms with van der Waals surface area (Å²) in [5.74, 6) is -0.339. The fourth-order valence-corrected chi connectivity index (χ4v) is 3.04. The molecule has 0 aliphatic heterocycles. The van der Waals surface area contributed by atoms with Gasteiger partial charge in [-0.3, -0.25) is 9.59 Å². The van der Waals surface area contributed by atoms with E-state index < -0.39 is 0 Å². The summed E-state index contributed by atoms with van der Waals surface area (Å²) in [7, 11) is 0. The van der Waals surface area contributed by atoms with Crippen molar-refractivity contribution < 1.29 is 14.3 Å². The number of hydrogen-bond acceptors (Lipinski definition) is 5. The molecule has 2 amide bonds. The molecule has 1 heterocycles. The van der Waals surface area contributed by atoms with Crippen molar-refractivity contribution in [2.24, 2.45) is 0 Å². The van der Waals surface area contributed by atoms with E-state index in [-0.39, 0.29) is 11.8 Å². The standard InChI is InChI=1S/C20H27N3O3S/c1-2-3-13-26-14-7-12-21-19(25)17-15-27-20(22-17)23-18(24)11-10-16-8-5-4-6-9-16/h4-6,8-9,15H,2-3,7,10-14H2,1H3,(H,21,25)(H,22,23,24). The number of aromatic nitrogens is 1. The Morgan fingerprint density at radius 1 is 1.15 bits per heavy atom. The van der Waals surface area contributed by atoms with Crippen molar-refractivity contribution in [3.8, 4) is 0 Å². The van der Waals surface area contributed by atoms with Crippen LogP contribution in [0.5, 0.6) is 0 Å². The van der Waals surface area contributed by atoms with E-state index in [9.17, 15) is 9.59 Å². The third-order valence-corrected chi connectivity index (χ3v) is 4.62. The highest BCUT2D eigenvalue weighted by Crippen LogP contribution is 2.16. The molecule has 2 aromatic rings. The lowest BCUT2D eigenvalue weighted by Gasteiger charge is -2.04. The smallest absolute Gasteiger partial charge is 0.270 e. The molecule has 0 bridgehead atoms. The second-order valence-corrected chi connectivity index (χ2v) is 7.01. The molecule has 7 heteroatoms. The first kappa shape index (κ1) is 21.1. The van der Waals surface area contributed by atoms with Gasteiger partial charge in [-0.25, -0.2) is 4.98 Å². The molecule has 2 N–H and O–H groups in total. The average molecular weight is 390 g/mol. The molecule has 0 unspecified atom stereocenters. The first-order chi connectivity index (χ1) is 13.2. The number of carbonyl (C=O) groups is 2. The van der Waals surface area contributed by atoms with E-state index in [1.54, 1.807) is 5.38 Å². The van der Waals surface area contributed by atoms with E-state index >= 15 is 0 Å². The van der Waals surface area contributed by atoms with Gasteiger partial charge in [-0.05, 0) is 24.8 Å². The number of hydrogen-bond donors (Lipinski definition) is 2. The molecule has 2 rings (SSSR count). The van der Waals surface area contributed by atoms with Crippen molar-refractivity contribution in [3.63, 3.8) is 0 Å². The fraction of sp³-hybridized carbons (Fsp3) is 0.450. The summed E-state index contributed by atoms with van der Waals surface area (Å²) in [6, 6.07) is 9.85. The Morgan fingerprint density at radius 3 is 2.70 bits per heavy atom. The number of anilines is 1. The van der Waals surface area contributed by atoms with Gasteiger partial charge < -0.3 is 15.4 Å². The van der Waals surface area contributed by atoms with Crippen LogP contribution in [0.3, 0.4) is 0 Å². The van der Waals surface area contributed by atoms with Gasteiger partial charge in [0.05, 0.1) is 0 Å². The second kappa shape index (κ2) is 12.2. The minimum absolute atomic E-state index is 0.107.